The highest BCUT2D eigenvalue weighted by Crippen LogP contribution is 2.34. The number of benzene rings is 2. The van der Waals surface area contributed by atoms with Gasteiger partial charge in [0.25, 0.3) is 0 Å². The maximum absolute atomic E-state index is 13.3. The number of rotatable bonds is 1. The van der Waals surface area contributed by atoms with E-state index >= 15 is 0 Å². The zero-order chi connectivity index (χ0) is 24.1. The molecule has 8 heteroatoms. The second-order valence-electron chi connectivity index (χ2n) is 9.92. The van der Waals surface area contributed by atoms with Gasteiger partial charge in [0.2, 0.25) is 0 Å². The number of para-hydroxylation sites is 1. The molecular weight excluding hydrogens is 420 g/mol. The van der Waals surface area contributed by atoms with Gasteiger partial charge in [-0.25, -0.2) is 14.2 Å². The van der Waals surface area contributed by atoms with Gasteiger partial charge < -0.3 is 15.2 Å². The summed E-state index contributed by atoms with van der Waals surface area (Å²) in [5, 5.41) is 6.03. The summed E-state index contributed by atoms with van der Waals surface area (Å²) >= 11 is 0. The molecule has 0 fully saturated rings. The first-order valence-electron chi connectivity index (χ1n) is 10.7. The van der Waals surface area contributed by atoms with Gasteiger partial charge in [-0.05, 0) is 71.9 Å². The average Bonchev–Trinajstić information content (AvgIpc) is 3.23. The number of nitrogens with zero attached hydrogens (tertiary/aromatic N) is 3. The number of carbonyl (C=O) groups is 2. The summed E-state index contributed by atoms with van der Waals surface area (Å²) in [7, 11) is 0. The molecule has 33 heavy (non-hydrogen) atoms. The number of anilines is 1. The molecule has 172 valence electrons. The molecule has 0 spiro atoms. The van der Waals surface area contributed by atoms with E-state index in [1.165, 1.54) is 9.25 Å². The van der Waals surface area contributed by atoms with Crippen LogP contribution in [0.1, 0.15) is 41.5 Å². The van der Waals surface area contributed by atoms with Gasteiger partial charge in [0.1, 0.15) is 16.9 Å². The highest BCUT2D eigenvalue weighted by Gasteiger charge is 2.27. The van der Waals surface area contributed by atoms with Gasteiger partial charge >= 0.3 is 12.2 Å². The van der Waals surface area contributed by atoms with Gasteiger partial charge in [0.05, 0.1) is 16.7 Å². The lowest BCUT2D eigenvalue weighted by molar-refractivity contribution is 0.0520. The number of carbonyl (C=O) groups excluding carboxylic acids is 2. The van der Waals surface area contributed by atoms with Crippen LogP contribution in [0.25, 0.3) is 33.2 Å². The van der Waals surface area contributed by atoms with Crippen LogP contribution in [0, 0.1) is 0 Å². The number of hydrogen-bond acceptors (Lipinski definition) is 6. The van der Waals surface area contributed by atoms with Crippen LogP contribution in [0.3, 0.4) is 0 Å². The van der Waals surface area contributed by atoms with Gasteiger partial charge in [0, 0.05) is 16.5 Å². The van der Waals surface area contributed by atoms with E-state index in [1.54, 1.807) is 39.0 Å². The predicted octanol–water partition coefficient (Wildman–Crippen LogP) is 5.81. The van der Waals surface area contributed by atoms with Crippen molar-refractivity contribution in [3.63, 3.8) is 0 Å². The van der Waals surface area contributed by atoms with Crippen molar-refractivity contribution in [3.05, 3.63) is 48.5 Å². The van der Waals surface area contributed by atoms with Crippen LogP contribution in [-0.2, 0) is 9.47 Å². The summed E-state index contributed by atoms with van der Waals surface area (Å²) in [5.74, 6) is 0. The van der Waals surface area contributed by atoms with E-state index in [0.29, 0.717) is 33.5 Å². The molecule has 4 aromatic rings. The quantitative estimate of drug-likeness (QED) is 0.369. The maximum atomic E-state index is 13.3. The average molecular weight is 449 g/mol. The molecule has 0 aliphatic heterocycles. The predicted molar refractivity (Wildman–Crippen MR) is 128 cm³/mol. The summed E-state index contributed by atoms with van der Waals surface area (Å²) in [6.07, 6.45) is -1.16. The van der Waals surface area contributed by atoms with E-state index in [-0.39, 0.29) is 0 Å². The topological polar surface area (TPSA) is 101 Å². The van der Waals surface area contributed by atoms with Crippen LogP contribution in [0.5, 0.6) is 0 Å². The highest BCUT2D eigenvalue weighted by molar-refractivity contribution is 6.03. The van der Waals surface area contributed by atoms with E-state index in [9.17, 15) is 9.59 Å². The minimum absolute atomic E-state index is 0.421. The molecule has 0 saturated heterocycles. The van der Waals surface area contributed by atoms with Crippen molar-refractivity contribution in [1.29, 1.82) is 0 Å². The van der Waals surface area contributed by atoms with Gasteiger partial charge in [-0.3, -0.25) is 0 Å². The number of aromatic nitrogens is 3. The molecule has 2 heterocycles. The lowest BCUT2D eigenvalue weighted by atomic mass is 10.1. The Labute approximate surface area is 191 Å². The summed E-state index contributed by atoms with van der Waals surface area (Å²) in [5.41, 5.74) is 7.28. The number of hydrogen-bond donors (Lipinski definition) is 1. The first-order valence-corrected chi connectivity index (χ1v) is 10.7. The second kappa shape index (κ2) is 7.65. The Bertz CT molecular complexity index is 1380. The third-order valence-corrected chi connectivity index (χ3v) is 4.80. The van der Waals surface area contributed by atoms with E-state index in [2.05, 4.69) is 5.10 Å². The minimum Gasteiger partial charge on any atom is -0.443 e. The first kappa shape index (κ1) is 22.4. The molecule has 2 aromatic heterocycles. The van der Waals surface area contributed by atoms with Crippen LogP contribution in [0.15, 0.2) is 48.5 Å². The molecular formula is C25H28N4O4. The fraction of sp³-hybridized carbons (Fsp3) is 0.320. The van der Waals surface area contributed by atoms with Crippen LogP contribution >= 0.6 is 0 Å². The second-order valence-corrected chi connectivity index (χ2v) is 9.92. The molecule has 4 rings (SSSR count). The molecule has 8 nitrogen and oxygen atoms in total. The van der Waals surface area contributed by atoms with Crippen LogP contribution in [0.2, 0.25) is 0 Å². The molecule has 0 bridgehead atoms. The summed E-state index contributed by atoms with van der Waals surface area (Å²) in [6.45, 7) is 10.8. The number of fused-ring (bicyclic) bond motifs is 2. The molecule has 0 saturated carbocycles. The van der Waals surface area contributed by atoms with E-state index < -0.39 is 23.4 Å². The normalized spacial score (nSPS) is 12.3. The molecule has 0 aliphatic rings. The number of ether oxygens (including phenoxy) is 2. The summed E-state index contributed by atoms with van der Waals surface area (Å²) < 4.78 is 13.9. The van der Waals surface area contributed by atoms with Crippen LogP contribution in [-0.4, -0.2) is 37.7 Å². The zero-order valence-electron chi connectivity index (χ0n) is 19.7. The largest absolute Gasteiger partial charge is 0.443 e. The van der Waals surface area contributed by atoms with Crippen molar-refractivity contribution in [2.75, 3.05) is 5.73 Å². The molecule has 0 aliphatic carbocycles. The Morgan fingerprint density at radius 3 is 2.15 bits per heavy atom. The Morgan fingerprint density at radius 2 is 1.48 bits per heavy atom. The molecule has 2 N–H and O–H groups in total. The highest BCUT2D eigenvalue weighted by atomic mass is 16.6. The molecule has 0 unspecified atom stereocenters. The lowest BCUT2D eigenvalue weighted by Crippen LogP contribution is -2.28. The summed E-state index contributed by atoms with van der Waals surface area (Å²) in [4.78, 5) is 26.2. The van der Waals surface area contributed by atoms with Crippen molar-refractivity contribution in [3.8, 4) is 11.4 Å². The Balaban J connectivity index is 1.99. The van der Waals surface area contributed by atoms with Crippen molar-refractivity contribution < 1.29 is 19.1 Å². The van der Waals surface area contributed by atoms with Gasteiger partial charge in [-0.15, -0.1) is 0 Å². The standard InChI is InChI=1S/C25H28N4O4/c1-24(2,3)32-22(30)28-18-10-8-7-9-15(18)13-20(28)21-17-14-16(26)11-12-19(17)29(27-21)23(31)33-25(4,5)6/h7-14H,26H2,1-6H3. The van der Waals surface area contributed by atoms with Crippen molar-refractivity contribution in [1.82, 2.24) is 14.3 Å². The number of nitrogens with two attached hydrogens (primary N) is 1. The zero-order valence-corrected chi connectivity index (χ0v) is 19.7. The monoisotopic (exact) mass is 448 g/mol. The molecule has 0 radical (unpaired) electrons. The van der Waals surface area contributed by atoms with Gasteiger partial charge in [0.15, 0.2) is 0 Å². The third-order valence-electron chi connectivity index (χ3n) is 4.80. The number of nitrogen functional groups attached to an aromatic ring is 1. The Morgan fingerprint density at radius 1 is 0.848 bits per heavy atom. The minimum atomic E-state index is -0.700. The third kappa shape index (κ3) is 4.41. The van der Waals surface area contributed by atoms with E-state index in [0.717, 1.165) is 5.39 Å². The molecule has 0 amide bonds. The lowest BCUT2D eigenvalue weighted by Gasteiger charge is -2.20. The van der Waals surface area contributed by atoms with E-state index in [4.69, 9.17) is 15.2 Å². The summed E-state index contributed by atoms with van der Waals surface area (Å²) in [6, 6.07) is 14.5. The van der Waals surface area contributed by atoms with Crippen LogP contribution in [0.4, 0.5) is 15.3 Å². The fourth-order valence-electron chi connectivity index (χ4n) is 3.60. The SMILES string of the molecule is CC(C)(C)OC(=O)n1nc(-c2cc3ccccc3n2C(=O)OC(C)(C)C)c2cc(N)ccc21. The Hall–Kier alpha value is -3.81. The van der Waals surface area contributed by atoms with Gasteiger partial charge in [-0.1, -0.05) is 18.2 Å². The molecule has 0 atom stereocenters. The smallest absolute Gasteiger partial charge is 0.435 e. The maximum Gasteiger partial charge on any atom is 0.435 e. The Kier molecular flexibility index (Phi) is 5.19. The van der Waals surface area contributed by atoms with E-state index in [1.807, 2.05) is 51.1 Å². The van der Waals surface area contributed by atoms with Crippen molar-refractivity contribution in [2.45, 2.75) is 52.7 Å². The van der Waals surface area contributed by atoms with Crippen molar-refractivity contribution >= 4 is 39.7 Å². The van der Waals surface area contributed by atoms with Crippen LogP contribution < -0.4 is 5.73 Å². The first-order chi connectivity index (χ1) is 15.3. The van der Waals surface area contributed by atoms with Gasteiger partial charge in [-0.2, -0.15) is 9.78 Å². The molecule has 2 aromatic carbocycles. The van der Waals surface area contributed by atoms with Crippen molar-refractivity contribution in [2.24, 2.45) is 0 Å². The fourth-order valence-corrected chi connectivity index (χ4v) is 3.60.